The predicted molar refractivity (Wildman–Crippen MR) is 122 cm³/mol. The van der Waals surface area contributed by atoms with Crippen LogP contribution >= 0.6 is 0 Å². The van der Waals surface area contributed by atoms with Gasteiger partial charge in [0.1, 0.15) is 36.5 Å². The van der Waals surface area contributed by atoms with E-state index in [1.165, 1.54) is 0 Å². The predicted octanol–water partition coefficient (Wildman–Crippen LogP) is 1.24. The SMILES string of the molecule is C/C=C(/C=O)C(CC(=O)OCC)C[C@@H]1OC[C@H]2O[C@@H](OCCc3ccc(O)cc3)[C@H](O)[C@@H](O)[C@@H]2O1. The molecule has 2 aliphatic rings. The van der Waals surface area contributed by atoms with E-state index in [0.29, 0.717) is 18.3 Å². The molecule has 0 bridgehead atoms. The molecule has 194 valence electrons. The van der Waals surface area contributed by atoms with Crippen LogP contribution in [0.5, 0.6) is 5.75 Å². The summed E-state index contributed by atoms with van der Waals surface area (Å²) in [4.78, 5) is 23.5. The lowest BCUT2D eigenvalue weighted by Gasteiger charge is -2.46. The third-order valence-corrected chi connectivity index (χ3v) is 6.14. The number of hydrogen-bond acceptors (Lipinski definition) is 10. The van der Waals surface area contributed by atoms with Gasteiger partial charge in [-0.15, -0.1) is 0 Å². The summed E-state index contributed by atoms with van der Waals surface area (Å²) in [6.07, 6.45) is -3.01. The van der Waals surface area contributed by atoms with Crippen molar-refractivity contribution in [2.75, 3.05) is 19.8 Å². The Morgan fingerprint density at radius 1 is 1.20 bits per heavy atom. The highest BCUT2D eigenvalue weighted by Crippen LogP contribution is 2.32. The summed E-state index contributed by atoms with van der Waals surface area (Å²) in [5.41, 5.74) is 1.36. The van der Waals surface area contributed by atoms with Gasteiger partial charge >= 0.3 is 5.97 Å². The number of benzene rings is 1. The molecule has 0 radical (unpaired) electrons. The Bertz CT molecular complexity index is 852. The molecule has 3 N–H and O–H groups in total. The van der Waals surface area contributed by atoms with E-state index in [9.17, 15) is 24.9 Å². The third-order valence-electron chi connectivity index (χ3n) is 6.14. The van der Waals surface area contributed by atoms with Crippen LogP contribution in [0.1, 0.15) is 32.3 Å². The van der Waals surface area contributed by atoms with Crippen molar-refractivity contribution in [3.05, 3.63) is 41.5 Å². The van der Waals surface area contributed by atoms with Crippen LogP contribution in [0.25, 0.3) is 0 Å². The van der Waals surface area contributed by atoms with Crippen molar-refractivity contribution in [1.82, 2.24) is 0 Å². The van der Waals surface area contributed by atoms with E-state index in [-0.39, 0.29) is 38.4 Å². The number of phenolic OH excluding ortho intramolecular Hbond substituents is 1. The van der Waals surface area contributed by atoms with Gasteiger partial charge in [-0.2, -0.15) is 0 Å². The van der Waals surface area contributed by atoms with Gasteiger partial charge in [0.2, 0.25) is 0 Å². The maximum atomic E-state index is 12.0. The van der Waals surface area contributed by atoms with Gasteiger partial charge in [-0.3, -0.25) is 9.59 Å². The minimum absolute atomic E-state index is 0.0117. The Balaban J connectivity index is 1.55. The van der Waals surface area contributed by atoms with Gasteiger partial charge in [0, 0.05) is 12.3 Å². The fourth-order valence-electron chi connectivity index (χ4n) is 4.23. The quantitative estimate of drug-likeness (QED) is 0.234. The van der Waals surface area contributed by atoms with E-state index >= 15 is 0 Å². The van der Waals surface area contributed by atoms with Crippen LogP contribution in [-0.2, 0) is 39.7 Å². The highest BCUT2D eigenvalue weighted by molar-refractivity contribution is 5.77. The van der Waals surface area contributed by atoms with E-state index in [4.69, 9.17) is 23.7 Å². The topological polar surface area (TPSA) is 141 Å². The van der Waals surface area contributed by atoms with Crippen LogP contribution in [0.3, 0.4) is 0 Å². The monoisotopic (exact) mass is 494 g/mol. The Kier molecular flexibility index (Phi) is 10.2. The highest BCUT2D eigenvalue weighted by Gasteiger charge is 2.49. The van der Waals surface area contributed by atoms with Crippen LogP contribution in [0.15, 0.2) is 35.9 Å². The lowest BCUT2D eigenvalue weighted by atomic mass is 9.91. The summed E-state index contributed by atoms with van der Waals surface area (Å²) in [7, 11) is 0. The molecule has 7 atom stereocenters. The molecule has 2 aliphatic heterocycles. The van der Waals surface area contributed by atoms with Gasteiger partial charge in [-0.1, -0.05) is 18.2 Å². The van der Waals surface area contributed by atoms with Gasteiger partial charge in [0.05, 0.1) is 26.2 Å². The molecule has 1 aromatic carbocycles. The van der Waals surface area contributed by atoms with E-state index in [1.54, 1.807) is 44.2 Å². The van der Waals surface area contributed by atoms with E-state index in [1.807, 2.05) is 0 Å². The molecule has 0 aromatic heterocycles. The summed E-state index contributed by atoms with van der Waals surface area (Å²) in [5.74, 6) is -0.748. The second-order valence-corrected chi connectivity index (χ2v) is 8.52. The van der Waals surface area contributed by atoms with Gasteiger partial charge in [0.15, 0.2) is 12.6 Å². The maximum absolute atomic E-state index is 12.0. The van der Waals surface area contributed by atoms with Gasteiger partial charge in [0.25, 0.3) is 0 Å². The van der Waals surface area contributed by atoms with Crippen LogP contribution in [0.2, 0.25) is 0 Å². The summed E-state index contributed by atoms with van der Waals surface area (Å²) in [6.45, 7) is 3.95. The molecule has 0 amide bonds. The zero-order chi connectivity index (χ0) is 25.4. The normalized spacial score (nSPS) is 29.8. The number of ether oxygens (including phenoxy) is 5. The second kappa shape index (κ2) is 13.1. The number of allylic oxidation sites excluding steroid dienone is 2. The molecule has 2 heterocycles. The molecule has 2 fully saturated rings. The van der Waals surface area contributed by atoms with Crippen molar-refractivity contribution in [3.63, 3.8) is 0 Å². The average molecular weight is 495 g/mol. The Hall–Kier alpha value is -2.34. The molecule has 0 spiro atoms. The molecule has 3 rings (SSSR count). The summed E-state index contributed by atoms with van der Waals surface area (Å²) >= 11 is 0. The first-order valence-corrected chi connectivity index (χ1v) is 11.8. The fourth-order valence-corrected chi connectivity index (χ4v) is 4.23. The second-order valence-electron chi connectivity index (χ2n) is 8.52. The van der Waals surface area contributed by atoms with Crippen LogP contribution in [0.4, 0.5) is 0 Å². The largest absolute Gasteiger partial charge is 0.508 e. The first-order chi connectivity index (χ1) is 16.9. The average Bonchev–Trinajstić information content (AvgIpc) is 2.84. The molecule has 0 saturated carbocycles. The molecule has 35 heavy (non-hydrogen) atoms. The summed E-state index contributed by atoms with van der Waals surface area (Å²) < 4.78 is 28.1. The van der Waals surface area contributed by atoms with Crippen molar-refractivity contribution in [3.8, 4) is 5.75 Å². The minimum atomic E-state index is -1.34. The maximum Gasteiger partial charge on any atom is 0.306 e. The lowest BCUT2D eigenvalue weighted by Crippen LogP contribution is -2.63. The zero-order valence-electron chi connectivity index (χ0n) is 19.9. The van der Waals surface area contributed by atoms with Crippen LogP contribution in [-0.4, -0.2) is 84.4 Å². The van der Waals surface area contributed by atoms with E-state index < -0.39 is 48.9 Å². The van der Waals surface area contributed by atoms with Gasteiger partial charge < -0.3 is 39.0 Å². The summed E-state index contributed by atoms with van der Waals surface area (Å²) in [6, 6.07) is 6.69. The molecule has 10 nitrogen and oxygen atoms in total. The molecule has 2 saturated heterocycles. The minimum Gasteiger partial charge on any atom is -0.508 e. The first-order valence-electron chi connectivity index (χ1n) is 11.8. The number of carbonyl (C=O) groups is 2. The van der Waals surface area contributed by atoms with E-state index in [2.05, 4.69) is 0 Å². The lowest BCUT2D eigenvalue weighted by molar-refractivity contribution is -0.360. The number of fused-ring (bicyclic) bond motifs is 1. The number of rotatable bonds is 11. The van der Waals surface area contributed by atoms with Crippen molar-refractivity contribution < 1.29 is 48.6 Å². The molecule has 1 aromatic rings. The van der Waals surface area contributed by atoms with E-state index in [0.717, 1.165) is 5.56 Å². The number of esters is 1. The number of aliphatic hydroxyl groups excluding tert-OH is 2. The summed E-state index contributed by atoms with van der Waals surface area (Å²) in [5, 5.41) is 30.6. The Labute approximate surface area is 204 Å². The van der Waals surface area contributed by atoms with Crippen LogP contribution in [0, 0.1) is 5.92 Å². The first kappa shape index (κ1) is 27.3. The Morgan fingerprint density at radius 2 is 1.94 bits per heavy atom. The number of aldehydes is 1. The molecule has 1 unspecified atom stereocenters. The Morgan fingerprint density at radius 3 is 2.60 bits per heavy atom. The van der Waals surface area contributed by atoms with Gasteiger partial charge in [-0.05, 0) is 43.5 Å². The van der Waals surface area contributed by atoms with Crippen molar-refractivity contribution in [2.24, 2.45) is 5.92 Å². The molecular formula is C25H34O10. The number of hydrogen-bond donors (Lipinski definition) is 3. The molecular weight excluding hydrogens is 460 g/mol. The number of aliphatic hydroxyl groups is 2. The zero-order valence-corrected chi connectivity index (χ0v) is 19.9. The number of carbonyl (C=O) groups excluding carboxylic acids is 2. The van der Waals surface area contributed by atoms with Gasteiger partial charge in [-0.25, -0.2) is 0 Å². The van der Waals surface area contributed by atoms with Crippen molar-refractivity contribution in [2.45, 2.75) is 70.1 Å². The van der Waals surface area contributed by atoms with Crippen LogP contribution < -0.4 is 0 Å². The van der Waals surface area contributed by atoms with Crippen molar-refractivity contribution in [1.29, 1.82) is 0 Å². The molecule has 0 aliphatic carbocycles. The van der Waals surface area contributed by atoms with Crippen molar-refractivity contribution >= 4 is 12.3 Å². The number of phenols is 1. The third kappa shape index (κ3) is 7.33. The highest BCUT2D eigenvalue weighted by atomic mass is 16.8. The standard InChI is InChI=1S/C25H34O10/c1-3-16(13-26)17(11-20(28)31-4-2)12-21-33-14-19-24(35-21)22(29)23(30)25(34-19)32-10-9-15-5-7-18(27)8-6-15/h3,5-8,13,17,19,21-25,27,29-30H,4,9-12,14H2,1-2H3/b16-3-/t17?,19-,21-,22-,23-,24-,25-/m1/s1. The fraction of sp³-hybridized carbons (Fsp3) is 0.600. The smallest absolute Gasteiger partial charge is 0.306 e. The molecule has 10 heteroatoms. The number of aromatic hydroxyl groups is 1.